The number of rotatable bonds is 6. The molecule has 0 atom stereocenters. The maximum atomic E-state index is 6.10. The van der Waals surface area contributed by atoms with Crippen molar-refractivity contribution < 1.29 is 0 Å². The minimum absolute atomic E-state index is 0.769. The number of nitrogens with one attached hydrogen (secondary N) is 1. The van der Waals surface area contributed by atoms with Crippen LogP contribution in [0.3, 0.4) is 0 Å². The Morgan fingerprint density at radius 3 is 2.95 bits per heavy atom. The molecule has 0 aliphatic rings. The molecule has 1 N–H and O–H groups in total. The Balaban J connectivity index is 2.14. The molecule has 1 aromatic heterocycles. The van der Waals surface area contributed by atoms with Crippen molar-refractivity contribution in [2.24, 2.45) is 7.05 Å². The first-order valence-electron chi connectivity index (χ1n) is 6.34. The molecule has 0 saturated heterocycles. The lowest BCUT2D eigenvalue weighted by atomic mass is 10.2. The molecule has 0 amide bonds. The predicted octanol–water partition coefficient (Wildman–Crippen LogP) is 3.72. The minimum Gasteiger partial charge on any atom is -0.313 e. The highest BCUT2D eigenvalue weighted by atomic mass is 35.5. The van der Waals surface area contributed by atoms with Crippen LogP contribution in [0.25, 0.3) is 0 Å². The van der Waals surface area contributed by atoms with Gasteiger partial charge in [-0.3, -0.25) is 4.68 Å². The molecule has 2 aromatic rings. The first-order valence-corrected chi connectivity index (χ1v) is 7.54. The number of aryl methyl sites for hydroxylation is 1. The summed E-state index contributed by atoms with van der Waals surface area (Å²) in [7, 11) is 1.92. The summed E-state index contributed by atoms with van der Waals surface area (Å²) >= 11 is 7.79. The van der Waals surface area contributed by atoms with E-state index in [9.17, 15) is 0 Å². The Bertz CT molecular complexity index is 539. The number of benzene rings is 1. The number of hydrogen-bond acceptors (Lipinski definition) is 3. The molecular formula is C14H18ClN3S. The molecule has 0 saturated carbocycles. The van der Waals surface area contributed by atoms with E-state index < -0.39 is 0 Å². The van der Waals surface area contributed by atoms with E-state index in [0.717, 1.165) is 29.4 Å². The third kappa shape index (κ3) is 4.27. The highest BCUT2D eigenvalue weighted by Gasteiger charge is 2.07. The number of nitrogens with zero attached hydrogens (tertiary/aromatic N) is 2. The molecule has 5 heteroatoms. The zero-order chi connectivity index (χ0) is 13.7. The molecule has 102 valence electrons. The molecule has 0 bridgehead atoms. The first-order chi connectivity index (χ1) is 9.19. The molecule has 0 aliphatic heterocycles. The lowest BCUT2D eigenvalue weighted by molar-refractivity contribution is 0.669. The maximum Gasteiger partial charge on any atom is 0.0629 e. The Morgan fingerprint density at radius 2 is 2.26 bits per heavy atom. The van der Waals surface area contributed by atoms with Crippen LogP contribution in [-0.2, 0) is 13.6 Å². The van der Waals surface area contributed by atoms with Crippen molar-refractivity contribution in [2.45, 2.75) is 29.7 Å². The molecule has 0 fully saturated rings. The van der Waals surface area contributed by atoms with Gasteiger partial charge in [0.2, 0.25) is 0 Å². The average Bonchev–Trinajstić information content (AvgIpc) is 2.78. The van der Waals surface area contributed by atoms with E-state index in [0.29, 0.717) is 0 Å². The number of hydrogen-bond donors (Lipinski definition) is 1. The van der Waals surface area contributed by atoms with Crippen LogP contribution in [0, 0.1) is 0 Å². The molecule has 3 nitrogen and oxygen atoms in total. The van der Waals surface area contributed by atoms with E-state index in [1.807, 2.05) is 36.3 Å². The molecule has 1 aromatic carbocycles. The number of halogens is 1. The quantitative estimate of drug-likeness (QED) is 0.824. The molecule has 2 rings (SSSR count). The first kappa shape index (κ1) is 14.4. The topological polar surface area (TPSA) is 29.9 Å². The smallest absolute Gasteiger partial charge is 0.0629 e. The summed E-state index contributed by atoms with van der Waals surface area (Å²) in [5.74, 6) is 0. The van der Waals surface area contributed by atoms with E-state index >= 15 is 0 Å². The van der Waals surface area contributed by atoms with Gasteiger partial charge in [-0.1, -0.05) is 36.4 Å². The number of aromatic nitrogens is 2. The third-order valence-electron chi connectivity index (χ3n) is 2.68. The Kier molecular flexibility index (Phi) is 5.31. The molecule has 0 radical (unpaired) electrons. The Labute approximate surface area is 123 Å². The van der Waals surface area contributed by atoms with Gasteiger partial charge in [-0.05, 0) is 30.7 Å². The largest absolute Gasteiger partial charge is 0.313 e. The molecule has 1 heterocycles. The fraction of sp³-hybridized carbons (Fsp3) is 0.357. The van der Waals surface area contributed by atoms with Gasteiger partial charge in [-0.2, -0.15) is 5.10 Å². The Hall–Kier alpha value is -0.970. The van der Waals surface area contributed by atoms with Gasteiger partial charge in [0.15, 0.2) is 0 Å². The third-order valence-corrected chi connectivity index (χ3v) is 3.96. The van der Waals surface area contributed by atoms with E-state index in [-0.39, 0.29) is 0 Å². The van der Waals surface area contributed by atoms with Crippen LogP contribution < -0.4 is 5.32 Å². The van der Waals surface area contributed by atoms with E-state index in [4.69, 9.17) is 11.6 Å². The second-order valence-electron chi connectivity index (χ2n) is 4.38. The van der Waals surface area contributed by atoms with Crippen LogP contribution in [0.4, 0.5) is 0 Å². The van der Waals surface area contributed by atoms with Crippen molar-refractivity contribution >= 4 is 23.4 Å². The molecule has 0 spiro atoms. The highest BCUT2D eigenvalue weighted by molar-refractivity contribution is 7.99. The van der Waals surface area contributed by atoms with Crippen molar-refractivity contribution in [3.8, 4) is 0 Å². The molecular weight excluding hydrogens is 278 g/mol. The second-order valence-corrected chi connectivity index (χ2v) is 5.93. The summed E-state index contributed by atoms with van der Waals surface area (Å²) < 4.78 is 1.81. The van der Waals surface area contributed by atoms with Gasteiger partial charge in [-0.25, -0.2) is 0 Å². The summed E-state index contributed by atoms with van der Waals surface area (Å²) in [4.78, 5) is 2.31. The second kappa shape index (κ2) is 6.98. The van der Waals surface area contributed by atoms with E-state index in [1.54, 1.807) is 11.8 Å². The fourth-order valence-corrected chi connectivity index (χ4v) is 3.00. The van der Waals surface area contributed by atoms with Crippen LogP contribution in [-0.4, -0.2) is 16.3 Å². The SMILES string of the molecule is CCCNCc1ccc(Cl)cc1Sc1cnn(C)c1. The van der Waals surface area contributed by atoms with Gasteiger partial charge in [0, 0.05) is 29.7 Å². The van der Waals surface area contributed by atoms with Gasteiger partial charge in [0.05, 0.1) is 11.1 Å². The summed E-state index contributed by atoms with van der Waals surface area (Å²) in [6.07, 6.45) is 5.02. The van der Waals surface area contributed by atoms with Gasteiger partial charge in [0.25, 0.3) is 0 Å². The van der Waals surface area contributed by atoms with Crippen molar-refractivity contribution in [2.75, 3.05) is 6.54 Å². The minimum atomic E-state index is 0.769. The summed E-state index contributed by atoms with van der Waals surface area (Å²) in [6.45, 7) is 4.06. The van der Waals surface area contributed by atoms with Crippen LogP contribution in [0.15, 0.2) is 40.4 Å². The lowest BCUT2D eigenvalue weighted by Gasteiger charge is -2.09. The van der Waals surface area contributed by atoms with Gasteiger partial charge in [0.1, 0.15) is 0 Å². The van der Waals surface area contributed by atoms with Crippen LogP contribution in [0.1, 0.15) is 18.9 Å². The highest BCUT2D eigenvalue weighted by Crippen LogP contribution is 2.32. The van der Waals surface area contributed by atoms with Crippen LogP contribution in [0.2, 0.25) is 5.02 Å². The van der Waals surface area contributed by atoms with E-state index in [2.05, 4.69) is 23.4 Å². The van der Waals surface area contributed by atoms with Crippen molar-refractivity contribution in [3.63, 3.8) is 0 Å². The summed E-state index contributed by atoms with van der Waals surface area (Å²) in [5, 5.41) is 8.38. The standard InChI is InChI=1S/C14H18ClN3S/c1-3-6-16-8-11-4-5-12(15)7-14(11)19-13-9-17-18(2)10-13/h4-5,7,9-10,16H,3,6,8H2,1-2H3. The summed E-state index contributed by atoms with van der Waals surface area (Å²) in [6, 6.07) is 6.05. The van der Waals surface area contributed by atoms with Gasteiger partial charge >= 0.3 is 0 Å². The normalized spacial score (nSPS) is 10.9. The molecule has 19 heavy (non-hydrogen) atoms. The average molecular weight is 296 g/mol. The Morgan fingerprint density at radius 1 is 1.42 bits per heavy atom. The van der Waals surface area contributed by atoms with Crippen LogP contribution >= 0.6 is 23.4 Å². The maximum absolute atomic E-state index is 6.10. The monoisotopic (exact) mass is 295 g/mol. The van der Waals surface area contributed by atoms with E-state index in [1.165, 1.54) is 10.5 Å². The molecule has 0 unspecified atom stereocenters. The van der Waals surface area contributed by atoms with Gasteiger partial charge < -0.3 is 5.32 Å². The summed E-state index contributed by atoms with van der Waals surface area (Å²) in [5.41, 5.74) is 1.27. The zero-order valence-electron chi connectivity index (χ0n) is 11.2. The van der Waals surface area contributed by atoms with Crippen molar-refractivity contribution in [1.82, 2.24) is 15.1 Å². The predicted molar refractivity (Wildman–Crippen MR) is 80.8 cm³/mol. The lowest BCUT2D eigenvalue weighted by Crippen LogP contribution is -2.14. The van der Waals surface area contributed by atoms with Crippen LogP contribution in [0.5, 0.6) is 0 Å². The van der Waals surface area contributed by atoms with Crippen molar-refractivity contribution in [3.05, 3.63) is 41.2 Å². The fourth-order valence-electron chi connectivity index (χ4n) is 1.75. The van der Waals surface area contributed by atoms with Gasteiger partial charge in [-0.15, -0.1) is 0 Å². The van der Waals surface area contributed by atoms with Crippen molar-refractivity contribution in [1.29, 1.82) is 0 Å². The molecule has 0 aliphatic carbocycles. The zero-order valence-corrected chi connectivity index (χ0v) is 12.8.